The summed E-state index contributed by atoms with van der Waals surface area (Å²) in [7, 11) is 3.17. The number of ether oxygens (including phenoxy) is 5. The van der Waals surface area contributed by atoms with Crippen LogP contribution in [0.5, 0.6) is 17.2 Å². The number of benzene rings is 2. The van der Waals surface area contributed by atoms with Crippen molar-refractivity contribution < 1.29 is 43.2 Å². The van der Waals surface area contributed by atoms with E-state index in [2.05, 4.69) is 10.6 Å². The molecular formula is C27H34N2O9. The van der Waals surface area contributed by atoms with Crippen molar-refractivity contribution in [2.45, 2.75) is 32.4 Å². The standard InChI is InChI=1S/C27H34N2O9/c1-27(2,3)37-17-23(29-25(31)32)24(30)28-12-13-36-26(33)38-20-10-8-18(9-11-20)6-7-19-14-21(34-4)16-22(15-19)35-5/h6-11,14-16,23,29H,12-13,17H2,1-5H3,(H,28,30)(H,31,32)/b7-6+. The van der Waals surface area contributed by atoms with Gasteiger partial charge in [-0.05, 0) is 56.2 Å². The molecule has 206 valence electrons. The van der Waals surface area contributed by atoms with Crippen molar-refractivity contribution in [2.75, 3.05) is 34.0 Å². The van der Waals surface area contributed by atoms with Crippen molar-refractivity contribution in [3.63, 3.8) is 0 Å². The molecule has 0 saturated heterocycles. The number of nitrogens with one attached hydrogen (secondary N) is 2. The molecule has 0 fully saturated rings. The summed E-state index contributed by atoms with van der Waals surface area (Å²) in [6, 6.07) is 11.2. The van der Waals surface area contributed by atoms with E-state index in [1.165, 1.54) is 0 Å². The Hall–Kier alpha value is -4.25. The Kier molecular flexibility index (Phi) is 11.4. The largest absolute Gasteiger partial charge is 0.513 e. The number of hydrogen-bond acceptors (Lipinski definition) is 8. The highest BCUT2D eigenvalue weighted by molar-refractivity contribution is 5.85. The van der Waals surface area contributed by atoms with Gasteiger partial charge in [0.15, 0.2) is 0 Å². The van der Waals surface area contributed by atoms with Crippen LogP contribution in [0.2, 0.25) is 0 Å². The van der Waals surface area contributed by atoms with Crippen molar-refractivity contribution in [1.82, 2.24) is 10.6 Å². The molecule has 0 bridgehead atoms. The number of methoxy groups -OCH3 is 2. The zero-order valence-corrected chi connectivity index (χ0v) is 22.1. The van der Waals surface area contributed by atoms with Crippen LogP contribution in [0.25, 0.3) is 12.2 Å². The van der Waals surface area contributed by atoms with Gasteiger partial charge in [-0.1, -0.05) is 24.3 Å². The lowest BCUT2D eigenvalue weighted by atomic mass is 10.1. The van der Waals surface area contributed by atoms with Crippen LogP contribution in [-0.2, 0) is 14.3 Å². The van der Waals surface area contributed by atoms with Crippen LogP contribution in [0, 0.1) is 0 Å². The minimum absolute atomic E-state index is 0.0416. The highest BCUT2D eigenvalue weighted by atomic mass is 16.7. The van der Waals surface area contributed by atoms with Crippen LogP contribution in [0.15, 0.2) is 42.5 Å². The minimum atomic E-state index is -1.36. The van der Waals surface area contributed by atoms with Crippen molar-refractivity contribution >= 4 is 30.3 Å². The third-order valence-electron chi connectivity index (χ3n) is 4.84. The SMILES string of the molecule is COc1cc(/C=C/c2ccc(OC(=O)OCCNC(=O)C(COC(C)(C)C)NC(=O)O)cc2)cc(OC)c1. The second-order valence-electron chi connectivity index (χ2n) is 8.97. The summed E-state index contributed by atoms with van der Waals surface area (Å²) in [5.74, 6) is 1.03. The lowest BCUT2D eigenvalue weighted by Gasteiger charge is -2.24. The summed E-state index contributed by atoms with van der Waals surface area (Å²) < 4.78 is 26.1. The first-order valence-corrected chi connectivity index (χ1v) is 11.8. The maximum absolute atomic E-state index is 12.3. The molecule has 2 rings (SSSR count). The molecule has 0 radical (unpaired) electrons. The molecule has 11 heteroatoms. The number of carboxylic acid groups (broad SMARTS) is 1. The first-order valence-electron chi connectivity index (χ1n) is 11.8. The zero-order chi connectivity index (χ0) is 28.1. The van der Waals surface area contributed by atoms with Gasteiger partial charge in [0.2, 0.25) is 5.91 Å². The Bertz CT molecular complexity index is 1090. The number of carbonyl (C=O) groups is 3. The maximum atomic E-state index is 12.3. The monoisotopic (exact) mass is 530 g/mol. The second kappa shape index (κ2) is 14.5. The van der Waals surface area contributed by atoms with Gasteiger partial charge in [0.25, 0.3) is 0 Å². The molecule has 2 aromatic rings. The number of amides is 2. The van der Waals surface area contributed by atoms with Crippen LogP contribution in [-0.4, -0.2) is 68.9 Å². The predicted octanol–water partition coefficient (Wildman–Crippen LogP) is 3.96. The lowest BCUT2D eigenvalue weighted by Crippen LogP contribution is -2.50. The highest BCUT2D eigenvalue weighted by Crippen LogP contribution is 2.24. The molecule has 0 spiro atoms. The van der Waals surface area contributed by atoms with Crippen molar-refractivity contribution in [1.29, 1.82) is 0 Å². The highest BCUT2D eigenvalue weighted by Gasteiger charge is 2.23. The van der Waals surface area contributed by atoms with E-state index in [0.29, 0.717) is 11.5 Å². The van der Waals surface area contributed by atoms with E-state index >= 15 is 0 Å². The van der Waals surface area contributed by atoms with Gasteiger partial charge in [0.05, 0.1) is 33.0 Å². The Morgan fingerprint density at radius 1 is 0.921 bits per heavy atom. The van der Waals surface area contributed by atoms with Gasteiger partial charge in [0, 0.05) is 6.07 Å². The summed E-state index contributed by atoms with van der Waals surface area (Å²) in [6.07, 6.45) is 1.49. The van der Waals surface area contributed by atoms with Crippen LogP contribution in [0.3, 0.4) is 0 Å². The molecule has 1 unspecified atom stereocenters. The minimum Gasteiger partial charge on any atom is -0.497 e. The Labute approximate surface area is 221 Å². The first kappa shape index (κ1) is 30.0. The van der Waals surface area contributed by atoms with E-state index in [0.717, 1.165) is 11.1 Å². The fraction of sp³-hybridized carbons (Fsp3) is 0.370. The summed E-state index contributed by atoms with van der Waals surface area (Å²) in [5.41, 5.74) is 1.21. The summed E-state index contributed by atoms with van der Waals surface area (Å²) in [4.78, 5) is 35.2. The molecule has 0 aliphatic rings. The average Bonchev–Trinajstić information content (AvgIpc) is 2.87. The molecule has 0 saturated carbocycles. The van der Waals surface area contributed by atoms with Crippen LogP contribution in [0.4, 0.5) is 9.59 Å². The van der Waals surface area contributed by atoms with Gasteiger partial charge in [-0.25, -0.2) is 9.59 Å². The molecule has 2 aromatic carbocycles. The smallest absolute Gasteiger partial charge is 0.497 e. The number of hydrogen-bond donors (Lipinski definition) is 3. The molecular weight excluding hydrogens is 496 g/mol. The van der Waals surface area contributed by atoms with Crippen molar-refractivity contribution in [3.05, 3.63) is 53.6 Å². The van der Waals surface area contributed by atoms with Gasteiger partial charge in [-0.15, -0.1) is 0 Å². The molecule has 0 aromatic heterocycles. The van der Waals surface area contributed by atoms with Crippen molar-refractivity contribution in [2.24, 2.45) is 0 Å². The summed E-state index contributed by atoms with van der Waals surface area (Å²) >= 11 is 0. The quantitative estimate of drug-likeness (QED) is 0.161. The third-order valence-corrected chi connectivity index (χ3v) is 4.84. The van der Waals surface area contributed by atoms with E-state index in [1.807, 2.05) is 24.3 Å². The summed E-state index contributed by atoms with van der Waals surface area (Å²) in [5, 5.41) is 13.5. The van der Waals surface area contributed by atoms with Gasteiger partial charge in [-0.3, -0.25) is 4.79 Å². The van der Waals surface area contributed by atoms with Crippen molar-refractivity contribution in [3.8, 4) is 17.2 Å². The van der Waals surface area contributed by atoms with E-state index < -0.39 is 29.8 Å². The molecule has 0 aliphatic heterocycles. The van der Waals surface area contributed by atoms with Gasteiger partial charge >= 0.3 is 12.2 Å². The molecule has 0 heterocycles. The fourth-order valence-corrected chi connectivity index (χ4v) is 2.99. The van der Waals surface area contributed by atoms with E-state index in [-0.39, 0.29) is 25.5 Å². The van der Waals surface area contributed by atoms with Gasteiger partial charge in [-0.2, -0.15) is 0 Å². The first-order chi connectivity index (χ1) is 18.0. The average molecular weight is 531 g/mol. The number of carbonyl (C=O) groups excluding carboxylic acids is 2. The molecule has 2 amide bonds. The third kappa shape index (κ3) is 11.2. The normalized spacial score (nSPS) is 11.9. The van der Waals surface area contributed by atoms with E-state index in [4.69, 9.17) is 28.8 Å². The zero-order valence-electron chi connectivity index (χ0n) is 22.1. The molecule has 0 aliphatic carbocycles. The summed E-state index contributed by atoms with van der Waals surface area (Å²) in [6.45, 7) is 4.99. The van der Waals surface area contributed by atoms with Crippen LogP contribution < -0.4 is 24.8 Å². The Balaban J connectivity index is 1.80. The molecule has 38 heavy (non-hydrogen) atoms. The Morgan fingerprint density at radius 2 is 1.53 bits per heavy atom. The molecule has 11 nitrogen and oxygen atoms in total. The maximum Gasteiger partial charge on any atom is 0.513 e. The van der Waals surface area contributed by atoms with Gasteiger partial charge < -0.3 is 39.4 Å². The molecule has 3 N–H and O–H groups in total. The fourth-order valence-electron chi connectivity index (χ4n) is 2.99. The topological polar surface area (TPSA) is 142 Å². The predicted molar refractivity (Wildman–Crippen MR) is 141 cm³/mol. The number of rotatable bonds is 12. The lowest BCUT2D eigenvalue weighted by molar-refractivity contribution is -0.126. The van der Waals surface area contributed by atoms with E-state index in [9.17, 15) is 14.4 Å². The van der Waals surface area contributed by atoms with E-state index in [1.54, 1.807) is 65.3 Å². The van der Waals surface area contributed by atoms with Gasteiger partial charge in [0.1, 0.15) is 29.9 Å². The second-order valence-corrected chi connectivity index (χ2v) is 8.97. The Morgan fingerprint density at radius 3 is 2.08 bits per heavy atom. The molecule has 1 atom stereocenters. The van der Waals surface area contributed by atoms with Crippen LogP contribution in [0.1, 0.15) is 31.9 Å². The van der Waals surface area contributed by atoms with Crippen LogP contribution >= 0.6 is 0 Å².